The molecule has 38 heavy (non-hydrogen) atoms. The summed E-state index contributed by atoms with van der Waals surface area (Å²) in [5, 5.41) is 10.0. The summed E-state index contributed by atoms with van der Waals surface area (Å²) in [5.74, 6) is 0.204. The smallest absolute Gasteiger partial charge is 0.338 e. The molecular weight excluding hydrogens is 551 g/mol. The van der Waals surface area contributed by atoms with Crippen molar-refractivity contribution in [2.24, 2.45) is 4.99 Å². The Morgan fingerprint density at radius 2 is 1.89 bits per heavy atom. The zero-order valence-corrected chi connectivity index (χ0v) is 23.7. The lowest BCUT2D eigenvalue weighted by atomic mass is 9.95. The SMILES string of the molecule is CCOC(=O)C1=C(C)N=c2s/c(=C\c3cc(Cl)c(O)c(Cl)c3)c(=O)n2[C@@H]1c1ccc(OC(C)C)c(OC)c1. The van der Waals surface area contributed by atoms with Crippen LogP contribution >= 0.6 is 34.5 Å². The average molecular weight is 577 g/mol. The number of nitrogens with zero attached hydrogens (tertiary/aromatic N) is 2. The number of carbonyl (C=O) groups excluding carboxylic acids is 1. The van der Waals surface area contributed by atoms with Crippen LogP contribution in [0.2, 0.25) is 10.0 Å². The molecule has 1 atom stereocenters. The molecule has 2 heterocycles. The normalized spacial score (nSPS) is 15.4. The van der Waals surface area contributed by atoms with Crippen molar-refractivity contribution in [2.75, 3.05) is 13.7 Å². The van der Waals surface area contributed by atoms with Gasteiger partial charge in [-0.15, -0.1) is 0 Å². The second-order valence-electron chi connectivity index (χ2n) is 8.71. The maximum Gasteiger partial charge on any atom is 0.338 e. The topological polar surface area (TPSA) is 99.4 Å². The molecule has 1 aliphatic heterocycles. The lowest BCUT2D eigenvalue weighted by Gasteiger charge is -2.25. The van der Waals surface area contributed by atoms with E-state index in [0.717, 1.165) is 11.3 Å². The molecule has 0 saturated carbocycles. The summed E-state index contributed by atoms with van der Waals surface area (Å²) in [6, 6.07) is 7.48. The van der Waals surface area contributed by atoms with Gasteiger partial charge < -0.3 is 19.3 Å². The predicted molar refractivity (Wildman–Crippen MR) is 147 cm³/mol. The Kier molecular flexibility index (Phi) is 8.20. The number of ether oxygens (including phenoxy) is 3. The maximum absolute atomic E-state index is 13.8. The molecule has 0 spiro atoms. The fourth-order valence-corrected chi connectivity index (χ4v) is 5.68. The molecule has 0 radical (unpaired) electrons. The number of halogens is 2. The quantitative estimate of drug-likeness (QED) is 0.412. The number of hydrogen-bond acceptors (Lipinski definition) is 8. The first-order valence-electron chi connectivity index (χ1n) is 11.8. The highest BCUT2D eigenvalue weighted by Gasteiger charge is 2.34. The Balaban J connectivity index is 1.95. The number of fused-ring (bicyclic) bond motifs is 1. The number of aromatic hydroxyl groups is 1. The monoisotopic (exact) mass is 576 g/mol. The van der Waals surface area contributed by atoms with E-state index >= 15 is 0 Å². The van der Waals surface area contributed by atoms with Crippen molar-refractivity contribution in [1.82, 2.24) is 4.57 Å². The fourth-order valence-electron chi connectivity index (χ4n) is 4.13. The molecule has 11 heteroatoms. The zero-order chi connectivity index (χ0) is 27.7. The van der Waals surface area contributed by atoms with E-state index in [4.69, 9.17) is 37.4 Å². The second kappa shape index (κ2) is 11.2. The summed E-state index contributed by atoms with van der Waals surface area (Å²) in [6.45, 7) is 7.41. The lowest BCUT2D eigenvalue weighted by molar-refractivity contribution is -0.139. The highest BCUT2D eigenvalue weighted by atomic mass is 35.5. The summed E-state index contributed by atoms with van der Waals surface area (Å²) >= 11 is 13.3. The summed E-state index contributed by atoms with van der Waals surface area (Å²) in [4.78, 5) is 31.9. The minimum Gasteiger partial charge on any atom is -0.505 e. The van der Waals surface area contributed by atoms with Gasteiger partial charge in [-0.25, -0.2) is 9.79 Å². The third-order valence-corrected chi connectivity index (χ3v) is 7.28. The molecular formula is C27H26Cl2N2O6S. The van der Waals surface area contributed by atoms with Crippen LogP contribution in [0.4, 0.5) is 0 Å². The Bertz CT molecular complexity index is 1600. The van der Waals surface area contributed by atoms with E-state index in [2.05, 4.69) is 4.99 Å². The highest BCUT2D eigenvalue weighted by molar-refractivity contribution is 7.07. The van der Waals surface area contributed by atoms with Crippen LogP contribution in [0.15, 0.2) is 51.4 Å². The van der Waals surface area contributed by atoms with Crippen LogP contribution in [0.3, 0.4) is 0 Å². The first kappa shape index (κ1) is 27.8. The van der Waals surface area contributed by atoms with Gasteiger partial charge in [0.15, 0.2) is 22.0 Å². The van der Waals surface area contributed by atoms with Gasteiger partial charge in [0.2, 0.25) is 0 Å². The van der Waals surface area contributed by atoms with Gasteiger partial charge in [0.1, 0.15) is 0 Å². The van der Waals surface area contributed by atoms with E-state index in [0.29, 0.717) is 37.7 Å². The predicted octanol–water partition coefficient (Wildman–Crippen LogP) is 4.61. The molecule has 0 saturated heterocycles. The summed E-state index contributed by atoms with van der Waals surface area (Å²) in [7, 11) is 1.53. The van der Waals surface area contributed by atoms with Crippen LogP contribution < -0.4 is 24.4 Å². The summed E-state index contributed by atoms with van der Waals surface area (Å²) in [5.41, 5.74) is 1.48. The number of rotatable bonds is 7. The van der Waals surface area contributed by atoms with E-state index < -0.39 is 12.0 Å². The first-order chi connectivity index (χ1) is 18.0. The number of allylic oxidation sites excluding steroid dienone is 1. The summed E-state index contributed by atoms with van der Waals surface area (Å²) in [6.07, 6.45) is 1.54. The maximum atomic E-state index is 13.8. The molecule has 0 fully saturated rings. The number of phenolic OH excluding ortho intramolecular Hbond substituents is 1. The largest absolute Gasteiger partial charge is 0.505 e. The van der Waals surface area contributed by atoms with Gasteiger partial charge in [0, 0.05) is 0 Å². The van der Waals surface area contributed by atoms with Gasteiger partial charge in [0.05, 0.1) is 51.7 Å². The number of thiazole rings is 1. The minimum atomic E-state index is -0.818. The van der Waals surface area contributed by atoms with Crippen LogP contribution in [-0.2, 0) is 9.53 Å². The molecule has 200 valence electrons. The van der Waals surface area contributed by atoms with Crippen molar-refractivity contribution < 1.29 is 24.1 Å². The molecule has 1 aliphatic rings. The van der Waals surface area contributed by atoms with E-state index in [1.54, 1.807) is 38.1 Å². The van der Waals surface area contributed by atoms with Gasteiger partial charge in [-0.1, -0.05) is 40.6 Å². The van der Waals surface area contributed by atoms with Gasteiger partial charge in [-0.05, 0) is 69.2 Å². The lowest BCUT2D eigenvalue weighted by Crippen LogP contribution is -2.40. The Morgan fingerprint density at radius 3 is 2.50 bits per heavy atom. The van der Waals surface area contributed by atoms with E-state index in [9.17, 15) is 14.7 Å². The Labute approximate surface area is 233 Å². The second-order valence-corrected chi connectivity index (χ2v) is 10.5. The number of esters is 1. The third kappa shape index (κ3) is 5.32. The number of benzene rings is 2. The standard InChI is InChI=1S/C27H26Cl2N2O6S/c1-6-36-26(34)22-14(4)30-27-31(23(22)16-7-8-19(37-13(2)3)20(12-16)35-5)25(33)21(38-27)11-15-9-17(28)24(32)18(29)10-15/h7-13,23,32H,6H2,1-5H3/b21-11-/t23-/m1/s1. The van der Waals surface area contributed by atoms with Gasteiger partial charge in [-0.2, -0.15) is 0 Å². The summed E-state index contributed by atoms with van der Waals surface area (Å²) < 4.78 is 18.6. The molecule has 8 nitrogen and oxygen atoms in total. The third-order valence-electron chi connectivity index (χ3n) is 5.72. The number of phenols is 1. The van der Waals surface area contributed by atoms with Crippen LogP contribution in [0, 0.1) is 0 Å². The van der Waals surface area contributed by atoms with Crippen LogP contribution in [0.25, 0.3) is 6.08 Å². The Morgan fingerprint density at radius 1 is 1.21 bits per heavy atom. The number of methoxy groups -OCH3 is 1. The zero-order valence-electron chi connectivity index (χ0n) is 21.4. The van der Waals surface area contributed by atoms with E-state index in [1.165, 1.54) is 23.8 Å². The van der Waals surface area contributed by atoms with Gasteiger partial charge >= 0.3 is 5.97 Å². The van der Waals surface area contributed by atoms with Gasteiger partial charge in [-0.3, -0.25) is 9.36 Å². The van der Waals surface area contributed by atoms with Crippen LogP contribution in [-0.4, -0.2) is 35.5 Å². The molecule has 0 bridgehead atoms. The molecule has 0 aliphatic carbocycles. The van der Waals surface area contributed by atoms with Crippen molar-refractivity contribution in [3.05, 3.63) is 82.5 Å². The molecule has 2 aromatic carbocycles. The molecule has 1 aromatic heterocycles. The number of aromatic nitrogens is 1. The molecule has 4 rings (SSSR count). The van der Waals surface area contributed by atoms with E-state index in [1.807, 2.05) is 13.8 Å². The molecule has 1 N–H and O–H groups in total. The van der Waals surface area contributed by atoms with Crippen LogP contribution in [0.5, 0.6) is 17.2 Å². The average Bonchev–Trinajstić information content (AvgIpc) is 3.15. The molecule has 0 unspecified atom stereocenters. The van der Waals surface area contributed by atoms with Crippen molar-refractivity contribution in [3.63, 3.8) is 0 Å². The van der Waals surface area contributed by atoms with Crippen LogP contribution in [0.1, 0.15) is 44.9 Å². The fraction of sp³-hybridized carbons (Fsp3) is 0.296. The number of hydrogen-bond donors (Lipinski definition) is 1. The minimum absolute atomic E-state index is 0.0608. The molecule has 0 amide bonds. The van der Waals surface area contributed by atoms with Crippen molar-refractivity contribution in [3.8, 4) is 17.2 Å². The molecule has 3 aromatic rings. The van der Waals surface area contributed by atoms with E-state index in [-0.39, 0.29) is 39.6 Å². The Hall–Kier alpha value is -3.27. The first-order valence-corrected chi connectivity index (χ1v) is 13.3. The van der Waals surface area contributed by atoms with Crippen molar-refractivity contribution >= 4 is 46.6 Å². The van der Waals surface area contributed by atoms with Crippen molar-refractivity contribution in [2.45, 2.75) is 39.8 Å². The number of carbonyl (C=O) groups is 1. The highest BCUT2D eigenvalue weighted by Crippen LogP contribution is 2.37. The van der Waals surface area contributed by atoms with Gasteiger partial charge in [0.25, 0.3) is 5.56 Å². The van der Waals surface area contributed by atoms with Crippen molar-refractivity contribution in [1.29, 1.82) is 0 Å².